The molecule has 0 amide bonds. The van der Waals surface area contributed by atoms with Gasteiger partial charge in [-0.05, 0) is 340 Å². The zero-order valence-corrected chi connectivity index (χ0v) is 75.8. The van der Waals surface area contributed by atoms with Gasteiger partial charge in [0.05, 0.1) is 27.4 Å². The van der Waals surface area contributed by atoms with Crippen LogP contribution in [0.2, 0.25) is 0 Å². The molecule has 0 aliphatic heterocycles. The molecule has 6 fully saturated rings. The van der Waals surface area contributed by atoms with Crippen LogP contribution >= 0.6 is 0 Å². The van der Waals surface area contributed by atoms with Crippen molar-refractivity contribution in [3.05, 3.63) is 190 Å². The molecule has 12 rings (SSSR count). The van der Waals surface area contributed by atoms with Crippen LogP contribution < -0.4 is 18.9 Å². The average molecular weight is 1560 g/mol. The van der Waals surface area contributed by atoms with Crippen molar-refractivity contribution in [2.45, 2.75) is 413 Å². The molecule has 0 spiro atoms. The number of methoxy groups -OCH3 is 2. The third-order valence-corrected chi connectivity index (χ3v) is 27.9. The van der Waals surface area contributed by atoms with E-state index in [-0.39, 0.29) is 0 Å². The van der Waals surface area contributed by atoms with E-state index in [2.05, 4.69) is 201 Å². The van der Waals surface area contributed by atoms with Gasteiger partial charge in [0.2, 0.25) is 0 Å². The van der Waals surface area contributed by atoms with Crippen LogP contribution in [0.3, 0.4) is 0 Å². The van der Waals surface area contributed by atoms with E-state index in [9.17, 15) is 0 Å². The quantitative estimate of drug-likeness (QED) is 0.0367. The summed E-state index contributed by atoms with van der Waals surface area (Å²) in [5.74, 6) is 14.8. The van der Waals surface area contributed by atoms with E-state index in [0.29, 0.717) is 0 Å². The van der Waals surface area contributed by atoms with Gasteiger partial charge in [-0.3, -0.25) is 0 Å². The Hall–Kier alpha value is -5.48. The molecule has 0 atom stereocenters. The van der Waals surface area contributed by atoms with Gasteiger partial charge in [0, 0.05) is 0 Å². The first-order valence-electron chi connectivity index (χ1n) is 48.8. The van der Waals surface area contributed by atoms with Crippen molar-refractivity contribution in [2.75, 3.05) is 27.4 Å². The van der Waals surface area contributed by atoms with Gasteiger partial charge in [0.15, 0.2) is 0 Å². The highest BCUT2D eigenvalue weighted by Crippen LogP contribution is 2.44. The molecule has 6 saturated carbocycles. The summed E-state index contributed by atoms with van der Waals surface area (Å²) in [4.78, 5) is 0. The molecule has 0 aromatic heterocycles. The summed E-state index contributed by atoms with van der Waals surface area (Å²) in [6.45, 7) is 23.8. The molecule has 0 saturated heterocycles. The summed E-state index contributed by atoms with van der Waals surface area (Å²) in [5, 5.41) is 0. The molecule has 4 heteroatoms. The maximum atomic E-state index is 5.52. The van der Waals surface area contributed by atoms with E-state index in [0.717, 1.165) is 107 Å². The van der Waals surface area contributed by atoms with Crippen molar-refractivity contribution in [1.82, 2.24) is 0 Å². The van der Waals surface area contributed by atoms with Crippen LogP contribution in [-0.4, -0.2) is 27.4 Å². The van der Waals surface area contributed by atoms with Crippen LogP contribution in [-0.2, 0) is 6.42 Å². The Labute approximate surface area is 703 Å². The highest BCUT2D eigenvalue weighted by Gasteiger charge is 2.28. The molecule has 6 aliphatic rings. The minimum atomic E-state index is 0.751. The zero-order chi connectivity index (χ0) is 81.0. The monoisotopic (exact) mass is 1560 g/mol. The minimum absolute atomic E-state index is 0.751. The van der Waals surface area contributed by atoms with Crippen molar-refractivity contribution in [3.8, 4) is 23.0 Å². The van der Waals surface area contributed by atoms with Crippen molar-refractivity contribution in [1.29, 1.82) is 0 Å². The molecule has 6 aliphatic carbocycles. The SMILES string of the molecule is CCCC1CCC(c2ccc(OC)cc2)CC1.CCCC1CCC(c2ccc(OCC)cc2)CC1.CCCCCC1CCC(c2ccc(CCC)cc2)CC1.CCCCCC1CCC(c2ccc(OC)cc2)CC1.CCCCCC1CCC(c2ccc(OCC)cc2)CC1.CCCCCCCC1CCC(c2ccc(C)cc2)CC1. The Morgan fingerprint density at radius 2 is 0.439 bits per heavy atom. The van der Waals surface area contributed by atoms with E-state index >= 15 is 0 Å². The number of unbranched alkanes of at least 4 members (excludes halogenated alkanes) is 10. The Bertz CT molecular complexity index is 3130. The molecule has 0 radical (unpaired) electrons. The first-order chi connectivity index (χ1) is 55.9. The molecule has 4 nitrogen and oxygen atoms in total. The van der Waals surface area contributed by atoms with Crippen molar-refractivity contribution in [2.24, 2.45) is 35.5 Å². The normalized spacial score (nSPS) is 23.3. The number of hydrogen-bond acceptors (Lipinski definition) is 4. The first kappa shape index (κ1) is 95.7. The Morgan fingerprint density at radius 1 is 0.219 bits per heavy atom. The molecule has 0 unspecified atom stereocenters. The standard InChI is InChI=1S/2C20H32.C19H30O.C18H28O.C17H26O.C16H24O/c1-3-4-5-6-7-8-18-11-15-20(16-12-18)19-13-9-17(2)10-14-19;1-3-5-6-8-18-11-15-20(16-12-18)19-13-9-17(7-4-2)10-14-19;1-3-5-6-7-16-8-10-17(11-9-16)18-12-14-19(15-13-18)20-4-2;1-3-4-5-6-15-7-9-16(10-8-15)17-11-13-18(19-2)14-12-17;1-3-5-14-6-8-15(9-7-14)16-10-12-17(13-11-16)18-4-2;1-3-4-13-5-7-14(8-6-13)15-9-11-16(17-2)12-10-15/h2*9-10,13-14,18,20H,3-8,11-12,15-16H2,1-2H3;12-17H,3-11H2,1-2H3;11-16H,3-10H2,1-2H3;10-15H,3-9H2,1-2H3;9-14H,3-8H2,1-2H3. The molecule has 6 aromatic carbocycles. The van der Waals surface area contributed by atoms with Crippen LogP contribution in [0.4, 0.5) is 0 Å². The number of benzene rings is 6. The van der Waals surface area contributed by atoms with Gasteiger partial charge in [0.1, 0.15) is 23.0 Å². The lowest BCUT2D eigenvalue weighted by molar-refractivity contribution is 0.302. The maximum Gasteiger partial charge on any atom is 0.119 e. The molecular weight excluding hydrogens is 1390 g/mol. The van der Waals surface area contributed by atoms with E-state index in [1.165, 1.54) is 342 Å². The van der Waals surface area contributed by atoms with Crippen molar-refractivity contribution < 1.29 is 18.9 Å². The van der Waals surface area contributed by atoms with Crippen LogP contribution in [0, 0.1) is 42.4 Å². The molecule has 0 heterocycles. The van der Waals surface area contributed by atoms with Gasteiger partial charge >= 0.3 is 0 Å². The van der Waals surface area contributed by atoms with Crippen molar-refractivity contribution >= 4 is 0 Å². The Kier molecular flexibility index (Phi) is 49.0. The summed E-state index contributed by atoms with van der Waals surface area (Å²) < 4.78 is 21.5. The maximum absolute atomic E-state index is 5.52. The molecule has 114 heavy (non-hydrogen) atoms. The van der Waals surface area contributed by atoms with Crippen LogP contribution in [0.5, 0.6) is 23.0 Å². The number of ether oxygens (including phenoxy) is 4. The lowest BCUT2D eigenvalue weighted by Gasteiger charge is -2.29. The Balaban J connectivity index is 0.000000190. The number of hydrogen-bond donors (Lipinski definition) is 0. The minimum Gasteiger partial charge on any atom is -0.497 e. The van der Waals surface area contributed by atoms with Gasteiger partial charge in [-0.1, -0.05) is 299 Å². The van der Waals surface area contributed by atoms with Crippen LogP contribution in [0.15, 0.2) is 146 Å². The summed E-state index contributed by atoms with van der Waals surface area (Å²) in [7, 11) is 3.46. The lowest BCUT2D eigenvalue weighted by atomic mass is 9.77. The summed E-state index contributed by atoms with van der Waals surface area (Å²) >= 11 is 0. The number of rotatable bonds is 36. The predicted octanol–water partition coefficient (Wildman–Crippen LogP) is 34.5. The van der Waals surface area contributed by atoms with Crippen molar-refractivity contribution in [3.63, 3.8) is 0 Å². The summed E-state index contributed by atoms with van der Waals surface area (Å²) in [6.07, 6.45) is 67.7. The summed E-state index contributed by atoms with van der Waals surface area (Å²) in [5.41, 5.74) is 12.1. The molecule has 0 N–H and O–H groups in total. The Morgan fingerprint density at radius 3 is 0.675 bits per heavy atom. The third kappa shape index (κ3) is 36.8. The topological polar surface area (TPSA) is 36.9 Å². The highest BCUT2D eigenvalue weighted by atomic mass is 16.5. The van der Waals surface area contributed by atoms with Gasteiger partial charge in [0.25, 0.3) is 0 Å². The molecule has 636 valence electrons. The average Bonchev–Trinajstić information content (AvgIpc) is 0.860. The smallest absolute Gasteiger partial charge is 0.119 e. The highest BCUT2D eigenvalue weighted by molar-refractivity contribution is 5.34. The fourth-order valence-electron chi connectivity index (χ4n) is 20.5. The van der Waals surface area contributed by atoms with Gasteiger partial charge < -0.3 is 18.9 Å². The lowest BCUT2D eigenvalue weighted by Crippen LogP contribution is -2.13. The first-order valence-corrected chi connectivity index (χ1v) is 48.8. The second-order valence-corrected chi connectivity index (χ2v) is 36.5. The van der Waals surface area contributed by atoms with E-state index in [4.69, 9.17) is 18.9 Å². The third-order valence-electron chi connectivity index (χ3n) is 27.9. The second kappa shape index (κ2) is 58.4. The number of aryl methyl sites for hydroxylation is 2. The molecule has 0 bridgehead atoms. The van der Waals surface area contributed by atoms with Gasteiger partial charge in [-0.25, -0.2) is 0 Å². The van der Waals surface area contributed by atoms with Gasteiger partial charge in [-0.15, -0.1) is 0 Å². The zero-order valence-electron chi connectivity index (χ0n) is 75.8. The van der Waals surface area contributed by atoms with E-state index in [1.54, 1.807) is 25.3 Å². The summed E-state index contributed by atoms with van der Waals surface area (Å²) in [6, 6.07) is 53.7. The van der Waals surface area contributed by atoms with Crippen LogP contribution in [0.1, 0.15) is 444 Å². The van der Waals surface area contributed by atoms with E-state index < -0.39 is 0 Å². The largest absolute Gasteiger partial charge is 0.497 e. The second-order valence-electron chi connectivity index (χ2n) is 36.5. The molecular formula is C110H172O4. The predicted molar refractivity (Wildman–Crippen MR) is 497 cm³/mol. The van der Waals surface area contributed by atoms with Gasteiger partial charge in [-0.2, -0.15) is 0 Å². The fraction of sp³-hybridized carbons (Fsp3) is 0.673. The fourth-order valence-corrected chi connectivity index (χ4v) is 20.5. The van der Waals surface area contributed by atoms with Crippen LogP contribution in [0.25, 0.3) is 0 Å². The molecule has 6 aromatic rings. The van der Waals surface area contributed by atoms with E-state index in [1.807, 2.05) is 13.8 Å².